The Morgan fingerprint density at radius 2 is 1.03 bits per heavy atom. The van der Waals surface area contributed by atoms with Crippen molar-refractivity contribution in [1.82, 2.24) is 0 Å². The first-order valence-electron chi connectivity index (χ1n) is 13.8. The molecule has 0 saturated carbocycles. The lowest BCUT2D eigenvalue weighted by atomic mass is 10.1. The maximum Gasteiger partial charge on any atom is 0.119 e. The highest BCUT2D eigenvalue weighted by Gasteiger charge is 2.08. The average Bonchev–Trinajstić information content (AvgIpc) is 2.85. The van der Waals surface area contributed by atoms with Gasteiger partial charge >= 0.3 is 0 Å². The number of hydrogen-bond acceptors (Lipinski definition) is 2. The highest BCUT2D eigenvalue weighted by Crippen LogP contribution is 2.26. The van der Waals surface area contributed by atoms with Crippen LogP contribution >= 0.6 is 0 Å². The van der Waals surface area contributed by atoms with E-state index in [0.29, 0.717) is 6.10 Å². The Morgan fingerprint density at radius 3 is 1.58 bits per heavy atom. The van der Waals surface area contributed by atoms with E-state index in [0.717, 1.165) is 37.4 Å². The smallest absolute Gasteiger partial charge is 0.119 e. The summed E-state index contributed by atoms with van der Waals surface area (Å²) >= 11 is 0. The van der Waals surface area contributed by atoms with E-state index in [9.17, 15) is 0 Å². The SMILES string of the molecule is CCCCCCCCCCOc1ccc(-c2ccc(O[C@H](CC)CCCCCC)cc2)cc1. The van der Waals surface area contributed by atoms with Crippen LogP contribution in [0, 0.1) is 0 Å². The Hall–Kier alpha value is -1.96. The highest BCUT2D eigenvalue weighted by molar-refractivity contribution is 5.64. The van der Waals surface area contributed by atoms with Gasteiger partial charge in [0.2, 0.25) is 0 Å². The van der Waals surface area contributed by atoms with Gasteiger partial charge in [-0.2, -0.15) is 0 Å². The topological polar surface area (TPSA) is 18.5 Å². The molecule has 0 fully saturated rings. The monoisotopic (exact) mass is 452 g/mol. The second-order valence-corrected chi connectivity index (χ2v) is 9.37. The molecule has 0 spiro atoms. The number of ether oxygens (including phenoxy) is 2. The minimum atomic E-state index is 0.324. The van der Waals surface area contributed by atoms with E-state index in [1.165, 1.54) is 81.8 Å². The molecule has 2 aromatic rings. The zero-order chi connectivity index (χ0) is 23.6. The van der Waals surface area contributed by atoms with E-state index in [1.807, 2.05) is 0 Å². The zero-order valence-corrected chi connectivity index (χ0v) is 21.6. The summed E-state index contributed by atoms with van der Waals surface area (Å²) in [6.45, 7) is 7.57. The molecule has 33 heavy (non-hydrogen) atoms. The minimum Gasteiger partial charge on any atom is -0.494 e. The maximum atomic E-state index is 6.23. The van der Waals surface area contributed by atoms with Crippen LogP contribution in [-0.4, -0.2) is 12.7 Å². The Kier molecular flexibility index (Phi) is 14.5. The van der Waals surface area contributed by atoms with Crippen LogP contribution in [0.1, 0.15) is 111 Å². The van der Waals surface area contributed by atoms with Gasteiger partial charge in [0.15, 0.2) is 0 Å². The molecule has 0 aromatic heterocycles. The molecule has 0 aliphatic rings. The predicted molar refractivity (Wildman–Crippen MR) is 143 cm³/mol. The van der Waals surface area contributed by atoms with E-state index in [-0.39, 0.29) is 0 Å². The second-order valence-electron chi connectivity index (χ2n) is 9.37. The molecule has 2 aromatic carbocycles. The number of hydrogen-bond donors (Lipinski definition) is 0. The molecule has 0 N–H and O–H groups in total. The van der Waals surface area contributed by atoms with Crippen molar-refractivity contribution >= 4 is 0 Å². The zero-order valence-electron chi connectivity index (χ0n) is 21.6. The molecule has 0 heterocycles. The van der Waals surface area contributed by atoms with Crippen molar-refractivity contribution in [1.29, 1.82) is 0 Å². The number of benzene rings is 2. The van der Waals surface area contributed by atoms with Gasteiger partial charge < -0.3 is 9.47 Å². The lowest BCUT2D eigenvalue weighted by molar-refractivity contribution is 0.182. The molecule has 0 radical (unpaired) electrons. The Labute approximate surface area is 204 Å². The van der Waals surface area contributed by atoms with Crippen LogP contribution in [0.25, 0.3) is 11.1 Å². The summed E-state index contributed by atoms with van der Waals surface area (Å²) in [5.41, 5.74) is 2.43. The van der Waals surface area contributed by atoms with Crippen molar-refractivity contribution in [2.24, 2.45) is 0 Å². The van der Waals surface area contributed by atoms with Crippen molar-refractivity contribution in [3.63, 3.8) is 0 Å². The Balaban J connectivity index is 1.70. The average molecular weight is 453 g/mol. The number of unbranched alkanes of at least 4 members (excludes halogenated alkanes) is 10. The van der Waals surface area contributed by atoms with Crippen LogP contribution in [0.15, 0.2) is 48.5 Å². The molecule has 0 unspecified atom stereocenters. The summed E-state index contributed by atoms with van der Waals surface area (Å²) in [6.07, 6.45) is 18.4. The van der Waals surface area contributed by atoms with Crippen molar-refractivity contribution in [2.45, 2.75) is 117 Å². The molecular formula is C31H48O2. The van der Waals surface area contributed by atoms with Gasteiger partial charge in [-0.15, -0.1) is 0 Å². The van der Waals surface area contributed by atoms with Gasteiger partial charge in [0, 0.05) is 0 Å². The molecule has 0 bridgehead atoms. The van der Waals surface area contributed by atoms with Gasteiger partial charge in [-0.3, -0.25) is 0 Å². The Bertz CT molecular complexity index is 705. The molecule has 2 nitrogen and oxygen atoms in total. The fraction of sp³-hybridized carbons (Fsp3) is 0.613. The first-order chi connectivity index (χ1) is 16.3. The van der Waals surface area contributed by atoms with Crippen molar-refractivity contribution in [3.8, 4) is 22.6 Å². The van der Waals surface area contributed by atoms with Crippen LogP contribution in [0.4, 0.5) is 0 Å². The fourth-order valence-corrected chi connectivity index (χ4v) is 4.23. The second kappa shape index (κ2) is 17.5. The maximum absolute atomic E-state index is 6.23. The van der Waals surface area contributed by atoms with Gasteiger partial charge in [0.25, 0.3) is 0 Å². The van der Waals surface area contributed by atoms with Crippen molar-refractivity contribution in [2.75, 3.05) is 6.61 Å². The fourth-order valence-electron chi connectivity index (χ4n) is 4.23. The highest BCUT2D eigenvalue weighted by atomic mass is 16.5. The summed E-state index contributed by atoms with van der Waals surface area (Å²) in [7, 11) is 0. The van der Waals surface area contributed by atoms with E-state index in [4.69, 9.17) is 9.47 Å². The summed E-state index contributed by atoms with van der Waals surface area (Å²) in [4.78, 5) is 0. The number of rotatable bonds is 19. The van der Waals surface area contributed by atoms with E-state index < -0.39 is 0 Å². The summed E-state index contributed by atoms with van der Waals surface area (Å²) < 4.78 is 12.2. The quantitative estimate of drug-likeness (QED) is 0.197. The lowest BCUT2D eigenvalue weighted by Crippen LogP contribution is -2.15. The molecule has 2 heteroatoms. The van der Waals surface area contributed by atoms with Crippen LogP contribution in [0.5, 0.6) is 11.5 Å². The molecule has 0 aliphatic carbocycles. The molecule has 1 atom stereocenters. The van der Waals surface area contributed by atoms with E-state index in [2.05, 4.69) is 69.3 Å². The molecular weight excluding hydrogens is 404 g/mol. The van der Waals surface area contributed by atoms with Crippen LogP contribution in [0.2, 0.25) is 0 Å². The third-order valence-corrected chi connectivity index (χ3v) is 6.45. The summed E-state index contributed by atoms with van der Waals surface area (Å²) in [5, 5.41) is 0. The summed E-state index contributed by atoms with van der Waals surface area (Å²) in [5.74, 6) is 1.95. The van der Waals surface area contributed by atoms with E-state index in [1.54, 1.807) is 0 Å². The van der Waals surface area contributed by atoms with Gasteiger partial charge in [-0.05, 0) is 61.1 Å². The molecule has 184 valence electrons. The lowest BCUT2D eigenvalue weighted by Gasteiger charge is -2.18. The van der Waals surface area contributed by atoms with Crippen molar-refractivity contribution in [3.05, 3.63) is 48.5 Å². The molecule has 2 rings (SSSR count). The first-order valence-corrected chi connectivity index (χ1v) is 13.8. The minimum absolute atomic E-state index is 0.324. The van der Waals surface area contributed by atoms with Crippen molar-refractivity contribution < 1.29 is 9.47 Å². The third-order valence-electron chi connectivity index (χ3n) is 6.45. The Morgan fingerprint density at radius 1 is 0.545 bits per heavy atom. The normalized spacial score (nSPS) is 12.0. The van der Waals surface area contributed by atoms with Gasteiger partial charge in [0.1, 0.15) is 11.5 Å². The van der Waals surface area contributed by atoms with Gasteiger partial charge in [-0.25, -0.2) is 0 Å². The summed E-state index contributed by atoms with van der Waals surface area (Å²) in [6, 6.07) is 17.0. The van der Waals surface area contributed by atoms with Gasteiger partial charge in [-0.1, -0.05) is 109 Å². The first kappa shape index (κ1) is 27.3. The molecule has 0 amide bonds. The third kappa shape index (κ3) is 11.6. The van der Waals surface area contributed by atoms with E-state index >= 15 is 0 Å². The van der Waals surface area contributed by atoms with Crippen LogP contribution in [0.3, 0.4) is 0 Å². The standard InChI is InChI=1S/C31H48O2/c1-4-7-9-11-12-13-14-16-26-32-30-22-18-27(19-23-30)28-20-24-31(25-21-28)33-29(6-3)17-15-10-8-5-2/h18-25,29H,4-17,26H2,1-3H3/t29-/m1/s1. The van der Waals surface area contributed by atoms with Gasteiger partial charge in [0.05, 0.1) is 12.7 Å². The van der Waals surface area contributed by atoms with Crippen LogP contribution < -0.4 is 9.47 Å². The predicted octanol–water partition coefficient (Wildman–Crippen LogP) is 10.0. The molecule has 0 saturated heterocycles. The molecule has 0 aliphatic heterocycles. The largest absolute Gasteiger partial charge is 0.494 e. The van der Waals surface area contributed by atoms with Crippen LogP contribution in [-0.2, 0) is 0 Å².